The van der Waals surface area contributed by atoms with Crippen molar-refractivity contribution in [3.63, 3.8) is 0 Å². The van der Waals surface area contributed by atoms with Gasteiger partial charge in [0.1, 0.15) is 6.04 Å². The molecule has 6 nitrogen and oxygen atoms in total. The van der Waals surface area contributed by atoms with E-state index < -0.39 is 31.2 Å². The van der Waals surface area contributed by atoms with E-state index in [-0.39, 0.29) is 6.61 Å². The minimum absolute atomic E-state index is 0.264. The van der Waals surface area contributed by atoms with Crippen LogP contribution < -0.4 is 5.32 Å². The van der Waals surface area contributed by atoms with Crippen molar-refractivity contribution >= 4 is 13.6 Å². The molecule has 0 radical (unpaired) electrons. The van der Waals surface area contributed by atoms with Crippen LogP contribution in [0.1, 0.15) is 46.5 Å². The van der Waals surface area contributed by atoms with Gasteiger partial charge in [-0.05, 0) is 39.2 Å². The Kier molecular flexibility index (Phi) is 7.77. The summed E-state index contributed by atoms with van der Waals surface area (Å²) in [6.07, 6.45) is 4.53. The molecular formula is C15H28NO5P. The van der Waals surface area contributed by atoms with E-state index in [0.717, 1.165) is 12.8 Å². The average Bonchev–Trinajstić information content (AvgIpc) is 2.91. The maximum absolute atomic E-state index is 12.0. The molecule has 3 unspecified atom stereocenters. The molecule has 22 heavy (non-hydrogen) atoms. The summed E-state index contributed by atoms with van der Waals surface area (Å²) in [7, 11) is -4.29. The molecule has 0 amide bonds. The summed E-state index contributed by atoms with van der Waals surface area (Å²) >= 11 is 0. The van der Waals surface area contributed by atoms with Crippen LogP contribution in [0.5, 0.6) is 0 Å². The van der Waals surface area contributed by atoms with E-state index in [1.54, 1.807) is 6.92 Å². The molecule has 1 aliphatic rings. The topological polar surface area (TPSA) is 95.9 Å². The summed E-state index contributed by atoms with van der Waals surface area (Å²) in [5, 5.41) is 3.02. The zero-order valence-corrected chi connectivity index (χ0v) is 14.5. The van der Waals surface area contributed by atoms with Crippen molar-refractivity contribution in [3.8, 4) is 0 Å². The van der Waals surface area contributed by atoms with Gasteiger partial charge in [0.25, 0.3) is 0 Å². The summed E-state index contributed by atoms with van der Waals surface area (Å²) in [6.45, 7) is 6.61. The van der Waals surface area contributed by atoms with Gasteiger partial charge in [-0.15, -0.1) is 0 Å². The van der Waals surface area contributed by atoms with Gasteiger partial charge >= 0.3 is 13.6 Å². The Morgan fingerprint density at radius 3 is 2.50 bits per heavy atom. The van der Waals surface area contributed by atoms with Crippen molar-refractivity contribution in [2.75, 3.05) is 13.2 Å². The molecule has 3 atom stereocenters. The minimum atomic E-state index is -4.29. The van der Waals surface area contributed by atoms with Crippen LogP contribution in [0.2, 0.25) is 0 Å². The van der Waals surface area contributed by atoms with Gasteiger partial charge in [0.2, 0.25) is 0 Å². The van der Waals surface area contributed by atoms with Crippen molar-refractivity contribution in [2.45, 2.75) is 58.2 Å². The third-order valence-electron chi connectivity index (χ3n) is 4.29. The number of carbonyl (C=O) groups is 1. The number of hydrogen-bond acceptors (Lipinski definition) is 4. The molecule has 0 saturated carbocycles. The van der Waals surface area contributed by atoms with Gasteiger partial charge in [0.15, 0.2) is 0 Å². The molecule has 1 saturated heterocycles. The van der Waals surface area contributed by atoms with Crippen LogP contribution in [0, 0.1) is 5.92 Å². The van der Waals surface area contributed by atoms with Gasteiger partial charge in [0, 0.05) is 5.92 Å². The lowest BCUT2D eigenvalue weighted by molar-refractivity contribution is -0.146. The van der Waals surface area contributed by atoms with Crippen LogP contribution in [0.25, 0.3) is 0 Å². The van der Waals surface area contributed by atoms with Crippen molar-refractivity contribution in [1.82, 2.24) is 5.32 Å². The lowest BCUT2D eigenvalue weighted by atomic mass is 9.93. The molecule has 0 bridgehead atoms. The Balaban J connectivity index is 2.94. The number of hydrogen-bond donors (Lipinski definition) is 3. The smallest absolute Gasteiger partial charge is 0.329 e. The zero-order chi connectivity index (χ0) is 16.8. The molecule has 1 rings (SSSR count). The van der Waals surface area contributed by atoms with E-state index in [1.165, 1.54) is 5.57 Å². The molecule has 0 aromatic heterocycles. The third kappa shape index (κ3) is 5.20. The Labute approximate surface area is 132 Å². The van der Waals surface area contributed by atoms with Crippen LogP contribution in [0.4, 0.5) is 0 Å². The SMILES string of the molecule is CCOC(=O)C1NCCC1C(CC=C(CC)CC)P(=O)(O)O. The molecule has 0 spiro atoms. The first-order valence-corrected chi connectivity index (χ1v) is 9.66. The Morgan fingerprint density at radius 2 is 2.00 bits per heavy atom. The van der Waals surface area contributed by atoms with Gasteiger partial charge < -0.3 is 19.8 Å². The summed E-state index contributed by atoms with van der Waals surface area (Å²) in [5.74, 6) is -0.815. The lowest BCUT2D eigenvalue weighted by Crippen LogP contribution is -2.41. The predicted molar refractivity (Wildman–Crippen MR) is 85.6 cm³/mol. The first-order chi connectivity index (χ1) is 10.3. The van der Waals surface area contributed by atoms with Crippen LogP contribution in [0.15, 0.2) is 11.6 Å². The monoisotopic (exact) mass is 333 g/mol. The van der Waals surface area contributed by atoms with Crippen LogP contribution in [-0.4, -0.2) is 40.6 Å². The molecule has 1 aliphatic heterocycles. The normalized spacial score (nSPS) is 23.1. The van der Waals surface area contributed by atoms with E-state index in [9.17, 15) is 19.1 Å². The maximum Gasteiger partial charge on any atom is 0.329 e. The second-order valence-corrected chi connectivity index (χ2v) is 7.44. The van der Waals surface area contributed by atoms with Gasteiger partial charge in [0.05, 0.1) is 12.3 Å². The van der Waals surface area contributed by atoms with E-state index in [1.807, 2.05) is 19.9 Å². The molecule has 7 heteroatoms. The number of carbonyl (C=O) groups excluding carboxylic acids is 1. The Hall–Kier alpha value is -0.680. The van der Waals surface area contributed by atoms with Gasteiger partial charge in [-0.2, -0.15) is 0 Å². The summed E-state index contributed by atoms with van der Waals surface area (Å²) in [6, 6.07) is -0.627. The highest BCUT2D eigenvalue weighted by Gasteiger charge is 2.45. The second-order valence-electron chi connectivity index (χ2n) is 5.60. The van der Waals surface area contributed by atoms with E-state index >= 15 is 0 Å². The highest BCUT2D eigenvalue weighted by Crippen LogP contribution is 2.49. The van der Waals surface area contributed by atoms with Crippen LogP contribution in [0.3, 0.4) is 0 Å². The van der Waals surface area contributed by atoms with Crippen molar-refractivity contribution < 1.29 is 23.9 Å². The van der Waals surface area contributed by atoms with Crippen LogP contribution in [-0.2, 0) is 14.1 Å². The number of rotatable bonds is 8. The second kappa shape index (κ2) is 8.82. The molecule has 1 fully saturated rings. The first kappa shape index (κ1) is 19.4. The zero-order valence-electron chi connectivity index (χ0n) is 13.6. The van der Waals surface area contributed by atoms with Gasteiger partial charge in [-0.1, -0.05) is 25.5 Å². The summed E-state index contributed by atoms with van der Waals surface area (Å²) < 4.78 is 16.9. The molecule has 1 heterocycles. The Morgan fingerprint density at radius 1 is 1.36 bits per heavy atom. The molecule has 128 valence electrons. The fourth-order valence-electron chi connectivity index (χ4n) is 3.02. The molecular weight excluding hydrogens is 305 g/mol. The first-order valence-electron chi connectivity index (χ1n) is 7.98. The lowest BCUT2D eigenvalue weighted by Gasteiger charge is -2.27. The predicted octanol–water partition coefficient (Wildman–Crippen LogP) is 2.21. The highest BCUT2D eigenvalue weighted by molar-refractivity contribution is 7.52. The number of ether oxygens (including phenoxy) is 1. The largest absolute Gasteiger partial charge is 0.465 e. The number of allylic oxidation sites excluding steroid dienone is 2. The average molecular weight is 333 g/mol. The standard InChI is InChI=1S/C15H28NO5P/c1-4-11(5-2)7-8-13(22(18,19)20)12-9-10-16-14(12)15(17)21-6-3/h7,12-14,16H,4-6,8-10H2,1-3H3,(H2,18,19,20). The van der Waals surface area contributed by atoms with E-state index in [2.05, 4.69) is 5.32 Å². The van der Waals surface area contributed by atoms with Crippen LogP contribution >= 0.6 is 7.60 Å². The van der Waals surface area contributed by atoms with E-state index in [4.69, 9.17) is 4.74 Å². The highest BCUT2D eigenvalue weighted by atomic mass is 31.2. The number of nitrogens with one attached hydrogen (secondary N) is 1. The number of esters is 1. The molecule has 0 aromatic carbocycles. The Bertz CT molecular complexity index is 439. The van der Waals surface area contributed by atoms with Crippen molar-refractivity contribution in [3.05, 3.63) is 11.6 Å². The fourth-order valence-corrected chi connectivity index (χ4v) is 4.22. The van der Waals surface area contributed by atoms with Gasteiger partial charge in [-0.25, -0.2) is 0 Å². The molecule has 3 N–H and O–H groups in total. The van der Waals surface area contributed by atoms with Gasteiger partial charge in [-0.3, -0.25) is 9.36 Å². The fraction of sp³-hybridized carbons (Fsp3) is 0.800. The van der Waals surface area contributed by atoms with Crippen molar-refractivity contribution in [2.24, 2.45) is 5.92 Å². The summed E-state index contributed by atoms with van der Waals surface area (Å²) in [5.41, 5.74) is 0.335. The third-order valence-corrected chi connectivity index (χ3v) is 5.75. The maximum atomic E-state index is 12.0. The summed E-state index contributed by atoms with van der Waals surface area (Å²) in [4.78, 5) is 31.4. The minimum Gasteiger partial charge on any atom is -0.465 e. The quantitative estimate of drug-likeness (QED) is 0.358. The van der Waals surface area contributed by atoms with E-state index in [0.29, 0.717) is 19.4 Å². The molecule has 0 aliphatic carbocycles. The molecule has 0 aromatic rings. The van der Waals surface area contributed by atoms with Crippen molar-refractivity contribution in [1.29, 1.82) is 0 Å².